The summed E-state index contributed by atoms with van der Waals surface area (Å²) >= 11 is 0. The van der Waals surface area contributed by atoms with Crippen LogP contribution in [0.15, 0.2) is 24.3 Å². The van der Waals surface area contributed by atoms with E-state index in [0.717, 1.165) is 0 Å². The van der Waals surface area contributed by atoms with Crippen LogP contribution < -0.4 is 10.6 Å². The summed E-state index contributed by atoms with van der Waals surface area (Å²) in [5, 5.41) is 25.6. The standard InChI is InChI=1S/C16H21N3O5/c1-10(15(21)18-12-5-7-14(20)8-6-12)17-16(22)11-3-2-4-13(9-11)19(23)24/h2-4,9-10,12,14,20H,5-8H2,1H3,(H,17,22)(H,18,21). The quantitative estimate of drug-likeness (QED) is 0.550. The zero-order valence-corrected chi connectivity index (χ0v) is 13.4. The second-order valence-electron chi connectivity index (χ2n) is 6.02. The van der Waals surface area contributed by atoms with E-state index < -0.39 is 16.9 Å². The number of aliphatic hydroxyl groups is 1. The Hall–Kier alpha value is -2.48. The molecule has 1 fully saturated rings. The molecule has 0 heterocycles. The lowest BCUT2D eigenvalue weighted by molar-refractivity contribution is -0.384. The first-order valence-corrected chi connectivity index (χ1v) is 7.90. The molecule has 1 aliphatic rings. The monoisotopic (exact) mass is 335 g/mol. The third kappa shape index (κ3) is 4.76. The van der Waals surface area contributed by atoms with Crippen molar-refractivity contribution in [2.45, 2.75) is 50.8 Å². The topological polar surface area (TPSA) is 122 Å². The number of nitro groups is 1. The highest BCUT2D eigenvalue weighted by Gasteiger charge is 2.24. The van der Waals surface area contributed by atoms with Gasteiger partial charge in [-0.1, -0.05) is 6.07 Å². The van der Waals surface area contributed by atoms with Crippen LogP contribution in [0.2, 0.25) is 0 Å². The smallest absolute Gasteiger partial charge is 0.270 e. The first-order valence-electron chi connectivity index (χ1n) is 7.90. The molecule has 8 nitrogen and oxygen atoms in total. The lowest BCUT2D eigenvalue weighted by Gasteiger charge is -2.27. The van der Waals surface area contributed by atoms with Crippen LogP contribution in [-0.4, -0.2) is 40.0 Å². The summed E-state index contributed by atoms with van der Waals surface area (Å²) in [6.07, 6.45) is 2.42. The minimum absolute atomic E-state index is 0.00179. The molecule has 1 aliphatic carbocycles. The second-order valence-corrected chi connectivity index (χ2v) is 6.02. The van der Waals surface area contributed by atoms with Gasteiger partial charge in [-0.2, -0.15) is 0 Å². The molecule has 24 heavy (non-hydrogen) atoms. The van der Waals surface area contributed by atoms with Crippen LogP contribution in [-0.2, 0) is 4.79 Å². The fourth-order valence-corrected chi connectivity index (χ4v) is 2.65. The maximum Gasteiger partial charge on any atom is 0.270 e. The van der Waals surface area contributed by atoms with Gasteiger partial charge < -0.3 is 15.7 Å². The van der Waals surface area contributed by atoms with E-state index in [-0.39, 0.29) is 29.3 Å². The Kier molecular flexibility index (Phi) is 5.86. The van der Waals surface area contributed by atoms with Crippen molar-refractivity contribution in [1.29, 1.82) is 0 Å². The molecule has 0 aromatic heterocycles. The minimum atomic E-state index is -0.761. The van der Waals surface area contributed by atoms with E-state index >= 15 is 0 Å². The summed E-state index contributed by atoms with van der Waals surface area (Å²) in [4.78, 5) is 34.4. The number of aliphatic hydroxyl groups excluding tert-OH is 1. The Morgan fingerprint density at radius 3 is 2.58 bits per heavy atom. The van der Waals surface area contributed by atoms with Crippen molar-refractivity contribution in [2.24, 2.45) is 0 Å². The molecule has 1 aromatic carbocycles. The van der Waals surface area contributed by atoms with Gasteiger partial charge in [0, 0.05) is 23.7 Å². The van der Waals surface area contributed by atoms with E-state index in [0.29, 0.717) is 25.7 Å². The number of hydrogen-bond donors (Lipinski definition) is 3. The van der Waals surface area contributed by atoms with Gasteiger partial charge in [-0.3, -0.25) is 19.7 Å². The van der Waals surface area contributed by atoms with Gasteiger partial charge in [-0.25, -0.2) is 0 Å². The van der Waals surface area contributed by atoms with Crippen molar-refractivity contribution in [3.8, 4) is 0 Å². The largest absolute Gasteiger partial charge is 0.393 e. The Labute approximate surface area is 139 Å². The fraction of sp³-hybridized carbons (Fsp3) is 0.500. The van der Waals surface area contributed by atoms with Crippen LogP contribution in [0.5, 0.6) is 0 Å². The molecular formula is C16H21N3O5. The number of carbonyl (C=O) groups is 2. The molecule has 3 N–H and O–H groups in total. The zero-order valence-electron chi connectivity index (χ0n) is 13.4. The van der Waals surface area contributed by atoms with Gasteiger partial charge in [-0.15, -0.1) is 0 Å². The Bertz CT molecular complexity index is 626. The first-order chi connectivity index (χ1) is 11.4. The number of amides is 2. The van der Waals surface area contributed by atoms with Gasteiger partial charge in [0.15, 0.2) is 0 Å². The molecule has 0 bridgehead atoms. The summed E-state index contributed by atoms with van der Waals surface area (Å²) in [5.41, 5.74) is -0.0508. The number of benzene rings is 1. The number of non-ortho nitro benzene ring substituents is 1. The Morgan fingerprint density at radius 1 is 1.29 bits per heavy atom. The van der Waals surface area contributed by atoms with Gasteiger partial charge >= 0.3 is 0 Å². The third-order valence-corrected chi connectivity index (χ3v) is 4.10. The van der Waals surface area contributed by atoms with Crippen LogP contribution in [0, 0.1) is 10.1 Å². The van der Waals surface area contributed by atoms with Crippen molar-refractivity contribution in [1.82, 2.24) is 10.6 Å². The van der Waals surface area contributed by atoms with Crippen molar-refractivity contribution in [3.05, 3.63) is 39.9 Å². The number of nitro benzene ring substituents is 1. The normalized spacial score (nSPS) is 21.6. The van der Waals surface area contributed by atoms with E-state index in [1.165, 1.54) is 24.3 Å². The van der Waals surface area contributed by atoms with Gasteiger partial charge in [0.25, 0.3) is 11.6 Å². The predicted octanol–water partition coefficient (Wildman–Crippen LogP) is 1.13. The zero-order chi connectivity index (χ0) is 17.7. The van der Waals surface area contributed by atoms with Crippen molar-refractivity contribution >= 4 is 17.5 Å². The summed E-state index contributed by atoms with van der Waals surface area (Å²) in [7, 11) is 0. The van der Waals surface area contributed by atoms with Crippen molar-refractivity contribution in [2.75, 3.05) is 0 Å². The highest BCUT2D eigenvalue weighted by Crippen LogP contribution is 2.18. The molecule has 8 heteroatoms. The SMILES string of the molecule is CC(NC(=O)c1cccc([N+](=O)[O-])c1)C(=O)NC1CCC(O)CC1. The molecule has 130 valence electrons. The predicted molar refractivity (Wildman–Crippen MR) is 86.4 cm³/mol. The number of hydrogen-bond acceptors (Lipinski definition) is 5. The summed E-state index contributed by atoms with van der Waals surface area (Å²) in [5.74, 6) is -0.851. The van der Waals surface area contributed by atoms with Gasteiger partial charge in [0.1, 0.15) is 6.04 Å². The molecule has 1 unspecified atom stereocenters. The molecule has 0 spiro atoms. The van der Waals surface area contributed by atoms with E-state index in [1.54, 1.807) is 6.92 Å². The third-order valence-electron chi connectivity index (χ3n) is 4.10. The summed E-state index contributed by atoms with van der Waals surface area (Å²) in [6, 6.07) is 4.58. The minimum Gasteiger partial charge on any atom is -0.393 e. The van der Waals surface area contributed by atoms with Crippen molar-refractivity contribution < 1.29 is 19.6 Å². The van der Waals surface area contributed by atoms with E-state index in [4.69, 9.17) is 0 Å². The van der Waals surface area contributed by atoms with E-state index in [9.17, 15) is 24.8 Å². The molecule has 1 saturated carbocycles. The highest BCUT2D eigenvalue weighted by atomic mass is 16.6. The number of rotatable bonds is 5. The molecule has 0 radical (unpaired) electrons. The molecule has 0 aliphatic heterocycles. The fourth-order valence-electron chi connectivity index (χ4n) is 2.65. The van der Waals surface area contributed by atoms with E-state index in [2.05, 4.69) is 10.6 Å². The average Bonchev–Trinajstić information content (AvgIpc) is 2.56. The van der Waals surface area contributed by atoms with Gasteiger partial charge in [0.05, 0.1) is 11.0 Å². The molecule has 2 amide bonds. The molecule has 2 rings (SSSR count). The van der Waals surface area contributed by atoms with Gasteiger partial charge in [0.2, 0.25) is 5.91 Å². The summed E-state index contributed by atoms with van der Waals surface area (Å²) in [6.45, 7) is 1.56. The number of nitrogens with one attached hydrogen (secondary N) is 2. The van der Waals surface area contributed by atoms with Crippen LogP contribution in [0.25, 0.3) is 0 Å². The number of carbonyl (C=O) groups excluding carboxylic acids is 2. The molecule has 0 saturated heterocycles. The van der Waals surface area contributed by atoms with Crippen LogP contribution in [0.1, 0.15) is 43.0 Å². The van der Waals surface area contributed by atoms with E-state index in [1.807, 2.05) is 0 Å². The maximum atomic E-state index is 12.1. The molecule has 1 atom stereocenters. The maximum absolute atomic E-state index is 12.1. The van der Waals surface area contributed by atoms with Crippen LogP contribution in [0.3, 0.4) is 0 Å². The lowest BCUT2D eigenvalue weighted by atomic mass is 9.93. The second kappa shape index (κ2) is 7.87. The van der Waals surface area contributed by atoms with Crippen molar-refractivity contribution in [3.63, 3.8) is 0 Å². The first kappa shape index (κ1) is 17.9. The number of nitrogens with zero attached hydrogens (tertiary/aromatic N) is 1. The Morgan fingerprint density at radius 2 is 1.96 bits per heavy atom. The molecular weight excluding hydrogens is 314 g/mol. The molecule has 1 aromatic rings. The van der Waals surface area contributed by atoms with Gasteiger partial charge in [-0.05, 0) is 38.7 Å². The Balaban J connectivity index is 1.89. The average molecular weight is 335 g/mol. The highest BCUT2D eigenvalue weighted by molar-refractivity contribution is 5.97. The summed E-state index contributed by atoms with van der Waals surface area (Å²) < 4.78 is 0. The lowest BCUT2D eigenvalue weighted by Crippen LogP contribution is -2.49. The van der Waals surface area contributed by atoms with Crippen LogP contribution >= 0.6 is 0 Å². The van der Waals surface area contributed by atoms with Crippen LogP contribution in [0.4, 0.5) is 5.69 Å².